The molecule has 174 valence electrons. The van der Waals surface area contributed by atoms with Crippen molar-refractivity contribution in [2.45, 2.75) is 18.9 Å². The zero-order valence-corrected chi connectivity index (χ0v) is 19.3. The molecule has 3 saturated heterocycles. The molecule has 0 saturated carbocycles. The van der Waals surface area contributed by atoms with Crippen LogP contribution < -0.4 is 10.9 Å². The maximum absolute atomic E-state index is 13.5. The van der Waals surface area contributed by atoms with Crippen LogP contribution in [0.15, 0.2) is 71.8 Å². The van der Waals surface area contributed by atoms with E-state index in [1.54, 1.807) is 12.4 Å². The minimum atomic E-state index is -0.142. The van der Waals surface area contributed by atoms with E-state index in [0.717, 1.165) is 45.3 Å². The fourth-order valence-corrected chi connectivity index (χ4v) is 5.78. The van der Waals surface area contributed by atoms with Gasteiger partial charge in [-0.25, -0.2) is 4.98 Å². The topological polar surface area (TPSA) is 89.7 Å². The highest BCUT2D eigenvalue weighted by Gasteiger charge is 2.35. The number of fused-ring (bicyclic) bond motifs is 5. The maximum Gasteiger partial charge on any atom is 0.261 e. The van der Waals surface area contributed by atoms with Crippen LogP contribution in [0.4, 0.5) is 5.69 Å². The van der Waals surface area contributed by atoms with Crippen LogP contribution in [-0.4, -0.2) is 50.5 Å². The van der Waals surface area contributed by atoms with Crippen LogP contribution in [0.25, 0.3) is 44.5 Å². The molecule has 0 amide bonds. The summed E-state index contributed by atoms with van der Waals surface area (Å²) in [6, 6.07) is 18.4. The van der Waals surface area contributed by atoms with Crippen molar-refractivity contribution in [2.24, 2.45) is 5.92 Å². The largest absolute Gasteiger partial charge is 0.379 e. The van der Waals surface area contributed by atoms with E-state index >= 15 is 0 Å². The number of H-pyrrole nitrogens is 2. The van der Waals surface area contributed by atoms with E-state index in [9.17, 15) is 4.79 Å². The molecule has 0 unspecified atom stereocenters. The van der Waals surface area contributed by atoms with Crippen LogP contribution in [0, 0.1) is 5.92 Å². The molecular weight excluding hydrogens is 436 g/mol. The SMILES string of the molecule is O=c1[nH]c2ccc(-c3ccncc3)cc2c(N[C@H]2CN3CCC2CC3)c1-c1nc2ccccc2[nH]1. The van der Waals surface area contributed by atoms with Gasteiger partial charge in [0.05, 0.1) is 22.2 Å². The number of nitrogens with zero attached hydrogens (tertiary/aromatic N) is 3. The van der Waals surface area contributed by atoms with Gasteiger partial charge in [0.1, 0.15) is 11.4 Å². The quantitative estimate of drug-likeness (QED) is 0.362. The molecule has 8 rings (SSSR count). The summed E-state index contributed by atoms with van der Waals surface area (Å²) in [6.07, 6.45) is 6.00. The van der Waals surface area contributed by atoms with E-state index in [2.05, 4.69) is 31.2 Å². The van der Waals surface area contributed by atoms with E-state index in [-0.39, 0.29) is 5.56 Å². The Morgan fingerprint density at radius 3 is 2.51 bits per heavy atom. The summed E-state index contributed by atoms with van der Waals surface area (Å²) in [5, 5.41) is 4.84. The fourth-order valence-electron chi connectivity index (χ4n) is 5.78. The third-order valence-corrected chi connectivity index (χ3v) is 7.64. The first-order chi connectivity index (χ1) is 17.2. The van der Waals surface area contributed by atoms with Gasteiger partial charge in [-0.3, -0.25) is 9.78 Å². The molecule has 2 bridgehead atoms. The standard InChI is InChI=1S/C28H26N6O/c35-28-25(27-31-22-3-1-2-4-23(22)32-27)26(30-24-16-34-13-9-18(24)10-14-34)20-15-19(5-6-21(20)33-28)17-7-11-29-12-8-17/h1-8,11-12,15,18,24H,9-10,13-14,16H2,(H,31,32)(H2,30,33,35)/t24-/m0/s1. The molecule has 5 aromatic rings. The van der Waals surface area contributed by atoms with Gasteiger partial charge in [-0.05, 0) is 79.4 Å². The van der Waals surface area contributed by atoms with Gasteiger partial charge in [0.25, 0.3) is 5.56 Å². The fraction of sp³-hybridized carbons (Fsp3) is 0.250. The van der Waals surface area contributed by atoms with Gasteiger partial charge in [0.2, 0.25) is 0 Å². The van der Waals surface area contributed by atoms with Crippen LogP contribution in [-0.2, 0) is 0 Å². The van der Waals surface area contributed by atoms with Gasteiger partial charge in [-0.15, -0.1) is 0 Å². The Hall–Kier alpha value is -3.97. The average Bonchev–Trinajstić information content (AvgIpc) is 3.33. The van der Waals surface area contributed by atoms with Crippen molar-refractivity contribution in [3.63, 3.8) is 0 Å². The van der Waals surface area contributed by atoms with Crippen molar-refractivity contribution in [1.29, 1.82) is 0 Å². The summed E-state index contributed by atoms with van der Waals surface area (Å²) in [5.41, 5.74) is 6.04. The molecule has 0 spiro atoms. The predicted octanol–water partition coefficient (Wildman–Crippen LogP) is 4.64. The molecule has 3 aliphatic rings. The lowest BCUT2D eigenvalue weighted by Gasteiger charge is -2.45. The smallest absolute Gasteiger partial charge is 0.261 e. The molecule has 2 aromatic carbocycles. The monoisotopic (exact) mass is 462 g/mol. The highest BCUT2D eigenvalue weighted by Crippen LogP contribution is 2.37. The maximum atomic E-state index is 13.5. The molecule has 0 radical (unpaired) electrons. The van der Waals surface area contributed by atoms with Crippen molar-refractivity contribution in [3.05, 3.63) is 77.3 Å². The lowest BCUT2D eigenvalue weighted by molar-refractivity contribution is 0.0976. The van der Waals surface area contributed by atoms with Crippen LogP contribution >= 0.6 is 0 Å². The minimum absolute atomic E-state index is 0.142. The molecule has 3 aromatic heterocycles. The number of imidazole rings is 1. The third kappa shape index (κ3) is 3.51. The number of aromatic nitrogens is 4. The molecule has 3 N–H and O–H groups in total. The molecular formula is C28H26N6O. The van der Waals surface area contributed by atoms with E-state index in [1.165, 1.54) is 25.9 Å². The molecule has 0 aliphatic carbocycles. The summed E-state index contributed by atoms with van der Waals surface area (Å²) >= 11 is 0. The van der Waals surface area contributed by atoms with Gasteiger partial charge < -0.3 is 20.2 Å². The molecule has 35 heavy (non-hydrogen) atoms. The number of nitrogens with one attached hydrogen (secondary N) is 3. The third-order valence-electron chi connectivity index (χ3n) is 7.64. The Morgan fingerprint density at radius 1 is 0.914 bits per heavy atom. The number of aromatic amines is 2. The summed E-state index contributed by atoms with van der Waals surface area (Å²) in [4.78, 5) is 31.5. The van der Waals surface area contributed by atoms with E-state index in [4.69, 9.17) is 4.98 Å². The minimum Gasteiger partial charge on any atom is -0.379 e. The Morgan fingerprint density at radius 2 is 1.74 bits per heavy atom. The Bertz CT molecular complexity index is 1560. The second-order valence-corrected chi connectivity index (χ2v) is 9.69. The summed E-state index contributed by atoms with van der Waals surface area (Å²) < 4.78 is 0. The number of pyridine rings is 2. The molecule has 3 fully saturated rings. The molecule has 1 atom stereocenters. The van der Waals surface area contributed by atoms with E-state index < -0.39 is 0 Å². The van der Waals surface area contributed by atoms with Gasteiger partial charge in [-0.2, -0.15) is 0 Å². The van der Waals surface area contributed by atoms with E-state index in [1.807, 2.05) is 48.5 Å². The van der Waals surface area contributed by atoms with Crippen LogP contribution in [0.3, 0.4) is 0 Å². The number of piperidine rings is 3. The van der Waals surface area contributed by atoms with Crippen molar-refractivity contribution >= 4 is 27.6 Å². The van der Waals surface area contributed by atoms with Crippen LogP contribution in [0.5, 0.6) is 0 Å². The second kappa shape index (κ2) is 8.06. The van der Waals surface area contributed by atoms with E-state index in [0.29, 0.717) is 23.3 Å². The summed E-state index contributed by atoms with van der Waals surface area (Å²) in [6.45, 7) is 3.34. The van der Waals surface area contributed by atoms with Crippen molar-refractivity contribution in [1.82, 2.24) is 24.8 Å². The number of rotatable bonds is 4. The van der Waals surface area contributed by atoms with Crippen molar-refractivity contribution < 1.29 is 0 Å². The number of hydrogen-bond donors (Lipinski definition) is 3. The van der Waals surface area contributed by atoms with Gasteiger partial charge in [-0.1, -0.05) is 18.2 Å². The number of hydrogen-bond acceptors (Lipinski definition) is 5. The molecule has 7 heteroatoms. The average molecular weight is 463 g/mol. The first-order valence-electron chi connectivity index (χ1n) is 12.3. The number of anilines is 1. The normalized spacial score (nSPS) is 21.5. The first kappa shape index (κ1) is 20.4. The zero-order chi connectivity index (χ0) is 23.4. The highest BCUT2D eigenvalue weighted by molar-refractivity contribution is 6.01. The highest BCUT2D eigenvalue weighted by atomic mass is 16.1. The molecule has 7 nitrogen and oxygen atoms in total. The Balaban J connectivity index is 1.45. The predicted molar refractivity (Wildman–Crippen MR) is 139 cm³/mol. The van der Waals surface area contributed by atoms with Gasteiger partial charge >= 0.3 is 0 Å². The number of benzene rings is 2. The van der Waals surface area contributed by atoms with Crippen molar-refractivity contribution in [2.75, 3.05) is 25.0 Å². The van der Waals surface area contributed by atoms with Crippen LogP contribution in [0.1, 0.15) is 12.8 Å². The lowest BCUT2D eigenvalue weighted by Crippen LogP contribution is -2.53. The number of para-hydroxylation sites is 2. The zero-order valence-electron chi connectivity index (χ0n) is 19.3. The van der Waals surface area contributed by atoms with Crippen LogP contribution in [0.2, 0.25) is 0 Å². The lowest BCUT2D eigenvalue weighted by atomic mass is 9.83. The first-order valence-corrected chi connectivity index (χ1v) is 12.3. The Labute approximate surface area is 202 Å². The molecule has 3 aliphatic heterocycles. The van der Waals surface area contributed by atoms with Gasteiger partial charge in [0, 0.05) is 30.4 Å². The Kier molecular flexibility index (Phi) is 4.70. The molecule has 6 heterocycles. The van der Waals surface area contributed by atoms with Crippen molar-refractivity contribution in [3.8, 4) is 22.5 Å². The summed E-state index contributed by atoms with van der Waals surface area (Å²) in [7, 11) is 0. The second-order valence-electron chi connectivity index (χ2n) is 9.69. The summed E-state index contributed by atoms with van der Waals surface area (Å²) in [5.74, 6) is 1.20. The van der Waals surface area contributed by atoms with Gasteiger partial charge in [0.15, 0.2) is 0 Å².